The predicted molar refractivity (Wildman–Crippen MR) is 49.6 cm³/mol. The van der Waals surface area contributed by atoms with Crippen molar-refractivity contribution in [1.29, 1.82) is 5.26 Å². The lowest BCUT2D eigenvalue weighted by atomic mass is 10.3. The lowest BCUT2D eigenvalue weighted by molar-refractivity contribution is -0.117. The van der Waals surface area contributed by atoms with Crippen LogP contribution >= 0.6 is 0 Å². The summed E-state index contributed by atoms with van der Waals surface area (Å²) in [5.74, 6) is 4.72. The van der Waals surface area contributed by atoms with Crippen molar-refractivity contribution in [1.82, 2.24) is 4.98 Å². The van der Waals surface area contributed by atoms with Crippen LogP contribution in [0.15, 0.2) is 18.2 Å². The Balaban J connectivity index is 2.80. The Morgan fingerprint density at radius 3 is 2.86 bits per heavy atom. The van der Waals surface area contributed by atoms with Gasteiger partial charge in [0.05, 0.1) is 6.42 Å². The van der Waals surface area contributed by atoms with Crippen molar-refractivity contribution in [3.05, 3.63) is 29.6 Å². The topological polar surface area (TPSA) is 79.8 Å². The smallest absolute Gasteiger partial charge is 0.229 e. The molecule has 0 fully saturated rings. The van der Waals surface area contributed by atoms with E-state index in [4.69, 9.17) is 11.0 Å². The first-order chi connectivity index (χ1) is 6.72. The van der Waals surface area contributed by atoms with E-state index in [9.17, 15) is 4.79 Å². The molecule has 1 aromatic rings. The van der Waals surface area contributed by atoms with E-state index in [1.165, 1.54) is 0 Å². The van der Waals surface area contributed by atoms with Gasteiger partial charge in [0.25, 0.3) is 0 Å². The van der Waals surface area contributed by atoms with Crippen molar-refractivity contribution in [2.45, 2.75) is 6.42 Å². The molecular formula is C10H7N3O. The molecule has 0 atom stereocenters. The monoisotopic (exact) mass is 185 g/mol. The zero-order chi connectivity index (χ0) is 10.4. The minimum absolute atomic E-state index is 0.00153. The normalized spacial score (nSPS) is 8.21. The predicted octanol–water partition coefficient (Wildman–Crippen LogP) is 0.180. The van der Waals surface area contributed by atoms with Crippen LogP contribution in [0.1, 0.15) is 17.8 Å². The van der Waals surface area contributed by atoms with Crippen LogP contribution in [0.2, 0.25) is 0 Å². The summed E-state index contributed by atoms with van der Waals surface area (Å²) in [7, 11) is 0. The molecule has 1 aromatic heterocycles. The van der Waals surface area contributed by atoms with E-state index >= 15 is 0 Å². The number of hydrogen-bond donors (Lipinski definition) is 1. The molecule has 2 N–H and O–H groups in total. The first-order valence-corrected chi connectivity index (χ1v) is 3.86. The van der Waals surface area contributed by atoms with Crippen molar-refractivity contribution < 1.29 is 4.79 Å². The fourth-order valence-corrected chi connectivity index (χ4v) is 0.788. The van der Waals surface area contributed by atoms with Crippen molar-refractivity contribution >= 4 is 5.91 Å². The molecule has 0 aliphatic carbocycles. The van der Waals surface area contributed by atoms with Crippen molar-refractivity contribution in [2.75, 3.05) is 0 Å². The second kappa shape index (κ2) is 4.64. The first kappa shape index (κ1) is 9.76. The molecule has 0 aromatic carbocycles. The molecule has 68 valence electrons. The summed E-state index contributed by atoms with van der Waals surface area (Å²) in [5, 5.41) is 8.54. The fraction of sp³-hybridized carbons (Fsp3) is 0.100. The molecule has 1 rings (SSSR count). The number of rotatable bonds is 1. The molecular weight excluding hydrogens is 178 g/mol. The number of pyridine rings is 1. The maximum absolute atomic E-state index is 10.4. The summed E-state index contributed by atoms with van der Waals surface area (Å²) in [5.41, 5.74) is 5.66. The largest absolute Gasteiger partial charge is 0.369 e. The van der Waals surface area contributed by atoms with Crippen LogP contribution < -0.4 is 5.73 Å². The second-order valence-electron chi connectivity index (χ2n) is 2.46. The Bertz CT molecular complexity index is 448. The van der Waals surface area contributed by atoms with E-state index in [-0.39, 0.29) is 6.42 Å². The molecule has 0 radical (unpaired) electrons. The number of primary amides is 1. The number of hydrogen-bond acceptors (Lipinski definition) is 3. The summed E-state index contributed by atoms with van der Waals surface area (Å²) in [6, 6.07) is 6.82. The highest BCUT2D eigenvalue weighted by molar-refractivity contribution is 5.76. The molecule has 1 amide bonds. The number of carbonyl (C=O) groups is 1. The lowest BCUT2D eigenvalue weighted by Crippen LogP contribution is -2.08. The van der Waals surface area contributed by atoms with Crippen LogP contribution in [-0.2, 0) is 4.79 Å². The second-order valence-corrected chi connectivity index (χ2v) is 2.46. The van der Waals surface area contributed by atoms with Gasteiger partial charge in [-0.25, -0.2) is 4.98 Å². The fourth-order valence-electron chi connectivity index (χ4n) is 0.788. The molecule has 0 spiro atoms. The SMILES string of the molecule is N#Cc1cccc(C#CCC(N)=O)n1. The minimum atomic E-state index is -0.478. The van der Waals surface area contributed by atoms with Crippen LogP contribution in [0.3, 0.4) is 0 Å². The Kier molecular flexibility index (Phi) is 3.23. The Morgan fingerprint density at radius 2 is 2.21 bits per heavy atom. The van der Waals surface area contributed by atoms with E-state index in [2.05, 4.69) is 16.8 Å². The summed E-state index contributed by atoms with van der Waals surface area (Å²) < 4.78 is 0. The average molecular weight is 185 g/mol. The van der Waals surface area contributed by atoms with Crippen molar-refractivity contribution in [2.24, 2.45) is 5.73 Å². The third kappa shape index (κ3) is 2.96. The van der Waals surface area contributed by atoms with Gasteiger partial charge in [-0.15, -0.1) is 0 Å². The Hall–Kier alpha value is -2.33. The zero-order valence-corrected chi connectivity index (χ0v) is 7.32. The number of aromatic nitrogens is 1. The number of amides is 1. The van der Waals surface area contributed by atoms with E-state index in [0.29, 0.717) is 11.4 Å². The molecule has 0 bridgehead atoms. The molecule has 14 heavy (non-hydrogen) atoms. The molecule has 0 saturated heterocycles. The summed E-state index contributed by atoms with van der Waals surface area (Å²) >= 11 is 0. The lowest BCUT2D eigenvalue weighted by Gasteiger charge is -1.89. The third-order valence-corrected chi connectivity index (χ3v) is 1.34. The van der Waals surface area contributed by atoms with Gasteiger partial charge in [-0.2, -0.15) is 5.26 Å². The minimum Gasteiger partial charge on any atom is -0.369 e. The molecule has 0 aliphatic rings. The van der Waals surface area contributed by atoms with Gasteiger partial charge in [0.15, 0.2) is 0 Å². The van der Waals surface area contributed by atoms with Gasteiger partial charge in [0, 0.05) is 0 Å². The number of nitriles is 1. The van der Waals surface area contributed by atoms with Gasteiger partial charge in [0.1, 0.15) is 17.5 Å². The Labute approximate surface area is 81.4 Å². The summed E-state index contributed by atoms with van der Waals surface area (Å²) in [4.78, 5) is 14.3. The van der Waals surface area contributed by atoms with Crippen LogP contribution in [0.5, 0.6) is 0 Å². The van der Waals surface area contributed by atoms with E-state index in [1.54, 1.807) is 18.2 Å². The maximum Gasteiger partial charge on any atom is 0.229 e. The number of nitrogens with zero attached hydrogens (tertiary/aromatic N) is 2. The quantitative estimate of drug-likeness (QED) is 0.634. The van der Waals surface area contributed by atoms with Gasteiger partial charge in [0.2, 0.25) is 5.91 Å². The van der Waals surface area contributed by atoms with Crippen molar-refractivity contribution in [3.8, 4) is 17.9 Å². The van der Waals surface area contributed by atoms with Gasteiger partial charge >= 0.3 is 0 Å². The molecule has 4 heteroatoms. The van der Waals surface area contributed by atoms with Gasteiger partial charge < -0.3 is 5.73 Å². The maximum atomic E-state index is 10.4. The van der Waals surface area contributed by atoms with Gasteiger partial charge in [-0.05, 0) is 18.1 Å². The standard InChI is InChI=1S/C10H7N3O/c11-7-9-5-1-3-8(13-9)4-2-6-10(12)14/h1,3,5H,6H2,(H2,12,14). The van der Waals surface area contributed by atoms with E-state index < -0.39 is 5.91 Å². The highest BCUT2D eigenvalue weighted by atomic mass is 16.1. The van der Waals surface area contributed by atoms with Crippen LogP contribution in [0, 0.1) is 23.2 Å². The van der Waals surface area contributed by atoms with Crippen LogP contribution in [-0.4, -0.2) is 10.9 Å². The van der Waals surface area contributed by atoms with Crippen LogP contribution in [0.25, 0.3) is 0 Å². The molecule has 0 saturated carbocycles. The molecule has 0 aliphatic heterocycles. The van der Waals surface area contributed by atoms with Gasteiger partial charge in [-0.1, -0.05) is 12.0 Å². The third-order valence-electron chi connectivity index (χ3n) is 1.34. The zero-order valence-electron chi connectivity index (χ0n) is 7.32. The highest BCUT2D eigenvalue weighted by Gasteiger charge is 1.92. The van der Waals surface area contributed by atoms with Crippen molar-refractivity contribution in [3.63, 3.8) is 0 Å². The Morgan fingerprint density at radius 1 is 1.50 bits per heavy atom. The summed E-state index contributed by atoms with van der Waals surface area (Å²) in [6.07, 6.45) is -0.00153. The molecule has 1 heterocycles. The first-order valence-electron chi connectivity index (χ1n) is 3.86. The summed E-state index contributed by atoms with van der Waals surface area (Å²) in [6.45, 7) is 0. The number of nitrogens with two attached hydrogens (primary N) is 1. The molecule has 4 nitrogen and oxygen atoms in total. The highest BCUT2D eigenvalue weighted by Crippen LogP contribution is 1.95. The average Bonchev–Trinajstić information content (AvgIpc) is 2.18. The van der Waals surface area contributed by atoms with E-state index in [1.807, 2.05) is 6.07 Å². The van der Waals surface area contributed by atoms with E-state index in [0.717, 1.165) is 0 Å². The molecule has 0 unspecified atom stereocenters. The van der Waals surface area contributed by atoms with Gasteiger partial charge in [-0.3, -0.25) is 4.79 Å². The van der Waals surface area contributed by atoms with Crippen LogP contribution in [0.4, 0.5) is 0 Å². The number of carbonyl (C=O) groups excluding carboxylic acids is 1.